The summed E-state index contributed by atoms with van der Waals surface area (Å²) in [5.41, 5.74) is 3.14. The van der Waals surface area contributed by atoms with E-state index in [-0.39, 0.29) is 0 Å². The first-order valence-electron chi connectivity index (χ1n) is 10.0. The zero-order chi connectivity index (χ0) is 20.8. The molecule has 0 saturated carbocycles. The van der Waals surface area contributed by atoms with Crippen molar-refractivity contribution in [1.29, 1.82) is 0 Å². The number of aromatic nitrogens is 2. The topological polar surface area (TPSA) is 59.4 Å². The number of pyridine rings is 1. The van der Waals surface area contributed by atoms with Crippen LogP contribution in [-0.4, -0.2) is 22.3 Å². The van der Waals surface area contributed by atoms with Gasteiger partial charge in [0.25, 0.3) is 0 Å². The van der Waals surface area contributed by atoms with Crippen molar-refractivity contribution >= 4 is 22.7 Å². The van der Waals surface area contributed by atoms with Crippen LogP contribution in [0.1, 0.15) is 18.9 Å². The number of ether oxygens (including phenoxy) is 1. The van der Waals surface area contributed by atoms with Crippen LogP contribution < -0.4 is 15.1 Å². The van der Waals surface area contributed by atoms with E-state index in [1.807, 2.05) is 72.9 Å². The van der Waals surface area contributed by atoms with E-state index < -0.39 is 6.09 Å². The molecule has 4 aromatic rings. The summed E-state index contributed by atoms with van der Waals surface area (Å²) in [5.74, 6) is 0.511. The summed E-state index contributed by atoms with van der Waals surface area (Å²) in [7, 11) is 0. The van der Waals surface area contributed by atoms with Crippen LogP contribution in [0, 0.1) is 0 Å². The van der Waals surface area contributed by atoms with E-state index in [0.29, 0.717) is 12.3 Å². The van der Waals surface area contributed by atoms with Gasteiger partial charge in [0.1, 0.15) is 5.75 Å². The lowest BCUT2D eigenvalue weighted by atomic mass is 10.2. The van der Waals surface area contributed by atoms with Gasteiger partial charge in [0.05, 0.1) is 11.2 Å². The highest BCUT2D eigenvalue weighted by Crippen LogP contribution is 2.25. The molecule has 0 bridgehead atoms. The van der Waals surface area contributed by atoms with Gasteiger partial charge in [-0.3, -0.25) is 14.7 Å². The van der Waals surface area contributed by atoms with Crippen molar-refractivity contribution < 1.29 is 9.53 Å². The number of nitrogens with one attached hydrogen (secondary N) is 1. The molecule has 2 aromatic heterocycles. The van der Waals surface area contributed by atoms with Gasteiger partial charge in [-0.1, -0.05) is 37.3 Å². The molecule has 0 radical (unpaired) electrons. The monoisotopic (exact) mass is 400 g/mol. The fourth-order valence-electron chi connectivity index (χ4n) is 3.38. The molecule has 0 spiro atoms. The van der Waals surface area contributed by atoms with Gasteiger partial charge in [0.15, 0.2) is 0 Å². The quantitative estimate of drug-likeness (QED) is 0.474. The molecule has 4 rings (SSSR count). The van der Waals surface area contributed by atoms with Gasteiger partial charge >= 0.3 is 6.09 Å². The molecule has 0 fully saturated rings. The SMILES string of the molecule is CCCN(c1ccncc1)n1ccc2cc(OC(=O)NCc3ccccc3)ccc21. The van der Waals surface area contributed by atoms with Gasteiger partial charge in [-0.05, 0) is 48.4 Å². The number of fused-ring (bicyclic) bond motifs is 1. The number of hydrogen-bond donors (Lipinski definition) is 1. The lowest BCUT2D eigenvalue weighted by Gasteiger charge is -2.26. The van der Waals surface area contributed by atoms with Crippen LogP contribution in [-0.2, 0) is 6.54 Å². The standard InChI is InChI=1S/C24H24N4O2/c1-2-15-27(21-10-13-25-14-11-21)28-16-12-20-17-22(8-9-23(20)28)30-24(29)26-18-19-6-4-3-5-7-19/h3-14,16-17H,2,15,18H2,1H3,(H,26,29). The Bertz CT molecular complexity index is 1110. The maximum Gasteiger partial charge on any atom is 0.412 e. The zero-order valence-electron chi connectivity index (χ0n) is 16.9. The minimum absolute atomic E-state index is 0.427. The molecular weight excluding hydrogens is 376 g/mol. The van der Waals surface area contributed by atoms with Crippen LogP contribution >= 0.6 is 0 Å². The van der Waals surface area contributed by atoms with Crippen molar-refractivity contribution in [3.63, 3.8) is 0 Å². The molecular formula is C24H24N4O2. The zero-order valence-corrected chi connectivity index (χ0v) is 16.9. The van der Waals surface area contributed by atoms with Gasteiger partial charge in [0.2, 0.25) is 0 Å². The van der Waals surface area contributed by atoms with Gasteiger partial charge < -0.3 is 10.1 Å². The Hall–Kier alpha value is -3.80. The summed E-state index contributed by atoms with van der Waals surface area (Å²) in [5, 5.41) is 5.98. The predicted octanol–water partition coefficient (Wildman–Crippen LogP) is 5.00. The molecule has 30 heavy (non-hydrogen) atoms. The van der Waals surface area contributed by atoms with Crippen LogP contribution in [0.4, 0.5) is 10.5 Å². The van der Waals surface area contributed by atoms with E-state index in [1.165, 1.54) is 0 Å². The van der Waals surface area contributed by atoms with E-state index in [0.717, 1.165) is 35.1 Å². The molecule has 1 N–H and O–H groups in total. The summed E-state index contributed by atoms with van der Waals surface area (Å²) >= 11 is 0. The molecule has 6 heteroatoms. The number of anilines is 1. The van der Waals surface area contributed by atoms with Crippen molar-refractivity contribution in [3.8, 4) is 5.75 Å². The number of nitrogens with zero attached hydrogens (tertiary/aromatic N) is 3. The summed E-state index contributed by atoms with van der Waals surface area (Å²) in [4.78, 5) is 16.3. The van der Waals surface area contributed by atoms with E-state index in [2.05, 4.69) is 26.9 Å². The molecule has 6 nitrogen and oxygen atoms in total. The molecule has 152 valence electrons. The highest BCUT2D eigenvalue weighted by atomic mass is 16.6. The van der Waals surface area contributed by atoms with Gasteiger partial charge in [-0.2, -0.15) is 0 Å². The molecule has 2 heterocycles. The largest absolute Gasteiger partial charge is 0.412 e. The summed E-state index contributed by atoms with van der Waals surface area (Å²) in [6, 6.07) is 21.4. The van der Waals surface area contributed by atoms with Crippen LogP contribution in [0.3, 0.4) is 0 Å². The molecule has 0 aliphatic heterocycles. The Balaban J connectivity index is 1.49. The Kier molecular flexibility index (Phi) is 5.94. The van der Waals surface area contributed by atoms with Gasteiger partial charge in [-0.15, -0.1) is 0 Å². The first-order valence-corrected chi connectivity index (χ1v) is 10.0. The lowest BCUT2D eigenvalue weighted by Crippen LogP contribution is -2.29. The third-order valence-corrected chi connectivity index (χ3v) is 4.79. The second-order valence-corrected chi connectivity index (χ2v) is 6.94. The van der Waals surface area contributed by atoms with E-state index >= 15 is 0 Å². The Labute approximate surface area is 175 Å². The van der Waals surface area contributed by atoms with Crippen LogP contribution in [0.25, 0.3) is 10.9 Å². The second kappa shape index (κ2) is 9.13. The third kappa shape index (κ3) is 4.43. The number of amides is 1. The smallest absolute Gasteiger partial charge is 0.410 e. The van der Waals surface area contributed by atoms with Crippen LogP contribution in [0.2, 0.25) is 0 Å². The highest BCUT2D eigenvalue weighted by molar-refractivity contribution is 5.83. The molecule has 1 amide bonds. The van der Waals surface area contributed by atoms with Crippen molar-refractivity contribution in [1.82, 2.24) is 15.0 Å². The maximum atomic E-state index is 12.2. The second-order valence-electron chi connectivity index (χ2n) is 6.94. The molecule has 0 aliphatic rings. The minimum atomic E-state index is -0.470. The van der Waals surface area contributed by atoms with Crippen LogP contribution in [0.15, 0.2) is 85.3 Å². The highest BCUT2D eigenvalue weighted by Gasteiger charge is 2.12. The number of rotatable bonds is 7. The fourth-order valence-corrected chi connectivity index (χ4v) is 3.38. The van der Waals surface area contributed by atoms with Crippen LogP contribution in [0.5, 0.6) is 5.75 Å². The number of hydrogen-bond acceptors (Lipinski definition) is 4. The fraction of sp³-hybridized carbons (Fsp3) is 0.167. The number of carbonyl (C=O) groups is 1. The number of benzene rings is 2. The number of carbonyl (C=O) groups excluding carboxylic acids is 1. The average molecular weight is 400 g/mol. The van der Waals surface area contributed by atoms with Crippen molar-refractivity contribution in [2.45, 2.75) is 19.9 Å². The first kappa shape index (κ1) is 19.5. The molecule has 0 aliphatic carbocycles. The normalized spacial score (nSPS) is 10.7. The minimum Gasteiger partial charge on any atom is -0.410 e. The third-order valence-electron chi connectivity index (χ3n) is 4.79. The molecule has 2 aromatic carbocycles. The van der Waals surface area contributed by atoms with Crippen molar-refractivity contribution in [3.05, 3.63) is 90.9 Å². The van der Waals surface area contributed by atoms with E-state index in [4.69, 9.17) is 4.74 Å². The summed E-state index contributed by atoms with van der Waals surface area (Å²) < 4.78 is 7.58. The van der Waals surface area contributed by atoms with Gasteiger partial charge in [0, 0.05) is 37.1 Å². The summed E-state index contributed by atoms with van der Waals surface area (Å²) in [6.07, 6.45) is 6.15. The Morgan fingerprint density at radius 2 is 1.87 bits per heavy atom. The molecule has 0 unspecified atom stereocenters. The molecule has 0 saturated heterocycles. The van der Waals surface area contributed by atoms with E-state index in [1.54, 1.807) is 12.4 Å². The average Bonchev–Trinajstić information content (AvgIpc) is 3.20. The van der Waals surface area contributed by atoms with Gasteiger partial charge in [-0.25, -0.2) is 4.79 Å². The Morgan fingerprint density at radius 1 is 1.07 bits per heavy atom. The predicted molar refractivity (Wildman–Crippen MR) is 119 cm³/mol. The van der Waals surface area contributed by atoms with E-state index in [9.17, 15) is 4.79 Å². The maximum absolute atomic E-state index is 12.2. The van der Waals surface area contributed by atoms with Crippen molar-refractivity contribution in [2.75, 3.05) is 11.6 Å². The first-order chi connectivity index (χ1) is 14.7. The lowest BCUT2D eigenvalue weighted by molar-refractivity contribution is 0.200. The summed E-state index contributed by atoms with van der Waals surface area (Å²) in [6.45, 7) is 3.45. The van der Waals surface area contributed by atoms with Crippen molar-refractivity contribution in [2.24, 2.45) is 0 Å². The Morgan fingerprint density at radius 3 is 2.63 bits per heavy atom. The molecule has 0 atom stereocenters.